The van der Waals surface area contributed by atoms with E-state index in [1.807, 2.05) is 6.92 Å². The lowest BCUT2D eigenvalue weighted by atomic mass is 10.2. The molecule has 84 valence electrons. The zero-order valence-electron chi connectivity index (χ0n) is 8.95. The molecule has 0 unspecified atom stereocenters. The molecule has 0 spiro atoms. The minimum Gasteiger partial charge on any atom is -0.476 e. The number of rotatable bonds is 6. The number of ether oxygens (including phenoxy) is 1. The summed E-state index contributed by atoms with van der Waals surface area (Å²) >= 11 is 0. The van der Waals surface area contributed by atoms with E-state index in [-0.39, 0.29) is 11.6 Å². The number of hydrogen-bond donors (Lipinski definition) is 1. The van der Waals surface area contributed by atoms with Gasteiger partial charge in [0.05, 0.1) is 6.61 Å². The average molecular weight is 213 g/mol. The van der Waals surface area contributed by atoms with E-state index < -0.39 is 5.97 Å². The molecule has 0 fully saturated rings. The van der Waals surface area contributed by atoms with Gasteiger partial charge < -0.3 is 14.3 Å². The van der Waals surface area contributed by atoms with Crippen molar-refractivity contribution in [3.63, 3.8) is 0 Å². The van der Waals surface area contributed by atoms with Crippen molar-refractivity contribution in [2.75, 3.05) is 6.61 Å². The van der Waals surface area contributed by atoms with Gasteiger partial charge in [-0.1, -0.05) is 13.3 Å². The lowest BCUT2D eigenvalue weighted by Crippen LogP contribution is -2.01. The van der Waals surface area contributed by atoms with Crippen molar-refractivity contribution in [3.05, 3.63) is 11.6 Å². The van der Waals surface area contributed by atoms with Crippen molar-refractivity contribution in [1.29, 1.82) is 0 Å². The maximum atomic E-state index is 10.8. The molecule has 1 rings (SSSR count). The fraction of sp³-hybridized carbons (Fsp3) is 0.600. The molecule has 0 aliphatic rings. The van der Waals surface area contributed by atoms with Crippen molar-refractivity contribution in [1.82, 2.24) is 4.98 Å². The normalized spacial score (nSPS) is 10.3. The van der Waals surface area contributed by atoms with Gasteiger partial charge in [0.2, 0.25) is 5.69 Å². The summed E-state index contributed by atoms with van der Waals surface area (Å²) in [4.78, 5) is 14.7. The number of nitrogens with zero attached hydrogens (tertiary/aromatic N) is 1. The molecule has 0 amide bonds. The van der Waals surface area contributed by atoms with Gasteiger partial charge in [0.15, 0.2) is 5.89 Å². The third-order valence-electron chi connectivity index (χ3n) is 1.86. The molecule has 0 saturated heterocycles. The van der Waals surface area contributed by atoms with E-state index in [9.17, 15) is 4.79 Å². The van der Waals surface area contributed by atoms with Gasteiger partial charge in [-0.05, 0) is 13.3 Å². The minimum absolute atomic E-state index is 0.0103. The fourth-order valence-electron chi connectivity index (χ4n) is 1.15. The Morgan fingerprint density at radius 3 is 2.80 bits per heavy atom. The maximum absolute atomic E-state index is 10.8. The van der Waals surface area contributed by atoms with Crippen molar-refractivity contribution in [3.8, 4) is 5.95 Å². The van der Waals surface area contributed by atoms with E-state index in [2.05, 4.69) is 4.98 Å². The Bertz CT molecular complexity index is 332. The molecule has 15 heavy (non-hydrogen) atoms. The molecule has 0 atom stereocenters. The van der Waals surface area contributed by atoms with Crippen LogP contribution in [0.2, 0.25) is 0 Å². The van der Waals surface area contributed by atoms with Gasteiger partial charge in [0, 0.05) is 6.42 Å². The number of oxazole rings is 1. The van der Waals surface area contributed by atoms with Crippen molar-refractivity contribution < 1.29 is 19.1 Å². The minimum atomic E-state index is -1.12. The van der Waals surface area contributed by atoms with Gasteiger partial charge in [0.25, 0.3) is 0 Å². The number of carboxylic acid groups (broad SMARTS) is 1. The van der Waals surface area contributed by atoms with Crippen LogP contribution in [0.5, 0.6) is 5.95 Å². The number of unbranched alkanes of at least 4 members (excludes halogenated alkanes) is 1. The van der Waals surface area contributed by atoms with Crippen LogP contribution in [0.15, 0.2) is 4.42 Å². The SMILES string of the molecule is CCCCc1nc(C(=O)O)c(OCC)o1. The van der Waals surface area contributed by atoms with Gasteiger partial charge in [0.1, 0.15) is 0 Å². The average Bonchev–Trinajstić information content (AvgIpc) is 2.59. The summed E-state index contributed by atoms with van der Waals surface area (Å²) in [5.41, 5.74) is -0.136. The molecule has 0 bridgehead atoms. The van der Waals surface area contributed by atoms with E-state index in [0.717, 1.165) is 12.8 Å². The highest BCUT2D eigenvalue weighted by molar-refractivity contribution is 5.87. The first-order chi connectivity index (χ1) is 7.19. The summed E-state index contributed by atoms with van der Waals surface area (Å²) in [5, 5.41) is 8.83. The van der Waals surface area contributed by atoms with Crippen LogP contribution < -0.4 is 4.74 Å². The Hall–Kier alpha value is -1.52. The highest BCUT2D eigenvalue weighted by Gasteiger charge is 2.20. The van der Waals surface area contributed by atoms with E-state index in [4.69, 9.17) is 14.3 Å². The molecule has 0 aliphatic heterocycles. The molecule has 1 N–H and O–H groups in total. The van der Waals surface area contributed by atoms with Crippen LogP contribution >= 0.6 is 0 Å². The first-order valence-electron chi connectivity index (χ1n) is 5.04. The smallest absolute Gasteiger partial charge is 0.362 e. The van der Waals surface area contributed by atoms with Gasteiger partial charge in [-0.2, -0.15) is 0 Å². The molecule has 1 aromatic heterocycles. The Balaban J connectivity index is 2.83. The second-order valence-corrected chi connectivity index (χ2v) is 3.09. The highest BCUT2D eigenvalue weighted by Crippen LogP contribution is 2.21. The van der Waals surface area contributed by atoms with E-state index in [0.29, 0.717) is 18.9 Å². The van der Waals surface area contributed by atoms with Crippen LogP contribution in [0.25, 0.3) is 0 Å². The predicted octanol–water partition coefficient (Wildman–Crippen LogP) is 2.11. The quantitative estimate of drug-likeness (QED) is 0.783. The monoisotopic (exact) mass is 213 g/mol. The lowest BCUT2D eigenvalue weighted by Gasteiger charge is -1.96. The van der Waals surface area contributed by atoms with Crippen LogP contribution in [0.3, 0.4) is 0 Å². The summed E-state index contributed by atoms with van der Waals surface area (Å²) in [6.45, 7) is 4.17. The summed E-state index contributed by atoms with van der Waals surface area (Å²) in [5.74, 6) is -0.682. The first-order valence-corrected chi connectivity index (χ1v) is 5.04. The fourth-order valence-corrected chi connectivity index (χ4v) is 1.15. The van der Waals surface area contributed by atoms with Crippen LogP contribution in [0.1, 0.15) is 43.1 Å². The molecule has 0 saturated carbocycles. The summed E-state index contributed by atoms with van der Waals surface area (Å²) in [6.07, 6.45) is 2.57. The van der Waals surface area contributed by atoms with Crippen LogP contribution in [-0.4, -0.2) is 22.7 Å². The Morgan fingerprint density at radius 2 is 2.27 bits per heavy atom. The van der Waals surface area contributed by atoms with Gasteiger partial charge in [-0.25, -0.2) is 9.78 Å². The van der Waals surface area contributed by atoms with Crippen molar-refractivity contribution in [2.24, 2.45) is 0 Å². The van der Waals surface area contributed by atoms with Crippen LogP contribution in [0.4, 0.5) is 0 Å². The third-order valence-corrected chi connectivity index (χ3v) is 1.86. The number of hydrogen-bond acceptors (Lipinski definition) is 4. The predicted molar refractivity (Wildman–Crippen MR) is 53.2 cm³/mol. The molecule has 1 heterocycles. The first kappa shape index (κ1) is 11.6. The second-order valence-electron chi connectivity index (χ2n) is 3.09. The molecule has 1 aromatic rings. The molecule has 0 aromatic carbocycles. The van der Waals surface area contributed by atoms with Gasteiger partial charge in [-0.15, -0.1) is 0 Å². The standard InChI is InChI=1S/C10H15NO4/c1-3-5-6-7-11-8(9(12)13)10(15-7)14-4-2/h3-6H2,1-2H3,(H,12,13). The van der Waals surface area contributed by atoms with Gasteiger partial charge in [-0.3, -0.25) is 0 Å². The molecule has 5 heteroatoms. The van der Waals surface area contributed by atoms with Crippen molar-refractivity contribution >= 4 is 5.97 Å². The largest absolute Gasteiger partial charge is 0.476 e. The Kier molecular flexibility index (Phi) is 4.15. The molecular formula is C10H15NO4. The number of carbonyl (C=O) groups is 1. The van der Waals surface area contributed by atoms with Crippen molar-refractivity contribution in [2.45, 2.75) is 33.1 Å². The number of aryl methyl sites for hydroxylation is 1. The number of aromatic nitrogens is 1. The number of aromatic carboxylic acids is 1. The van der Waals surface area contributed by atoms with Crippen LogP contribution in [-0.2, 0) is 6.42 Å². The summed E-state index contributed by atoms with van der Waals surface area (Å²) < 4.78 is 10.3. The van der Waals surface area contributed by atoms with Crippen LogP contribution in [0, 0.1) is 0 Å². The topological polar surface area (TPSA) is 72.6 Å². The second kappa shape index (κ2) is 5.38. The Morgan fingerprint density at radius 1 is 1.53 bits per heavy atom. The zero-order valence-corrected chi connectivity index (χ0v) is 8.95. The van der Waals surface area contributed by atoms with Gasteiger partial charge >= 0.3 is 11.9 Å². The summed E-state index contributed by atoms with van der Waals surface area (Å²) in [7, 11) is 0. The number of carboxylic acids is 1. The molecular weight excluding hydrogens is 198 g/mol. The summed E-state index contributed by atoms with van der Waals surface area (Å²) in [6, 6.07) is 0. The Labute approximate surface area is 88.1 Å². The van der Waals surface area contributed by atoms with E-state index in [1.54, 1.807) is 6.92 Å². The molecule has 0 aliphatic carbocycles. The molecule has 5 nitrogen and oxygen atoms in total. The zero-order chi connectivity index (χ0) is 11.3. The highest BCUT2D eigenvalue weighted by atomic mass is 16.6. The maximum Gasteiger partial charge on any atom is 0.362 e. The molecule has 0 radical (unpaired) electrons. The lowest BCUT2D eigenvalue weighted by molar-refractivity contribution is 0.0683. The van der Waals surface area contributed by atoms with E-state index in [1.165, 1.54) is 0 Å². The third kappa shape index (κ3) is 2.97. The van der Waals surface area contributed by atoms with E-state index >= 15 is 0 Å².